The van der Waals surface area contributed by atoms with E-state index in [0.29, 0.717) is 0 Å². The molecule has 6 heteroatoms. The summed E-state index contributed by atoms with van der Waals surface area (Å²) in [5.74, 6) is -2.46. The first kappa shape index (κ1) is 20.7. The first-order valence-electron chi connectivity index (χ1n) is 6.45. The molecule has 20 heavy (non-hydrogen) atoms. The van der Waals surface area contributed by atoms with Gasteiger partial charge >= 0.3 is 17.9 Å². The van der Waals surface area contributed by atoms with Gasteiger partial charge < -0.3 is 14.9 Å². The highest BCUT2D eigenvalue weighted by Crippen LogP contribution is 2.39. The fourth-order valence-corrected chi connectivity index (χ4v) is 0.834. The Bertz CT molecular complexity index is 355. The van der Waals surface area contributed by atoms with Crippen molar-refractivity contribution < 1.29 is 29.3 Å². The summed E-state index contributed by atoms with van der Waals surface area (Å²) in [6.45, 7) is 11.4. The molecular formula is C14H26O6. The largest absolute Gasteiger partial charge is 0.481 e. The van der Waals surface area contributed by atoms with Crippen molar-refractivity contribution in [3.05, 3.63) is 0 Å². The Morgan fingerprint density at radius 1 is 1.00 bits per heavy atom. The molecule has 0 unspecified atom stereocenters. The zero-order valence-corrected chi connectivity index (χ0v) is 13.3. The molecule has 0 aromatic heterocycles. The molecule has 0 fully saturated rings. The van der Waals surface area contributed by atoms with E-state index in [2.05, 4.69) is 0 Å². The van der Waals surface area contributed by atoms with Crippen molar-refractivity contribution in [1.29, 1.82) is 0 Å². The summed E-state index contributed by atoms with van der Waals surface area (Å²) >= 11 is 0. The van der Waals surface area contributed by atoms with Crippen LogP contribution in [0.4, 0.5) is 0 Å². The van der Waals surface area contributed by atoms with Gasteiger partial charge in [0.15, 0.2) is 0 Å². The third-order valence-electron chi connectivity index (χ3n) is 3.38. The van der Waals surface area contributed by atoms with Crippen LogP contribution >= 0.6 is 0 Å². The van der Waals surface area contributed by atoms with Crippen LogP contribution in [0.15, 0.2) is 0 Å². The number of carbonyl (C=O) groups is 3. The van der Waals surface area contributed by atoms with E-state index in [1.807, 2.05) is 0 Å². The van der Waals surface area contributed by atoms with Crippen molar-refractivity contribution in [2.24, 2.45) is 16.7 Å². The van der Waals surface area contributed by atoms with Crippen molar-refractivity contribution in [2.75, 3.05) is 6.61 Å². The summed E-state index contributed by atoms with van der Waals surface area (Å²) in [4.78, 5) is 32.2. The molecule has 0 heterocycles. The minimum absolute atomic E-state index is 0.231. The lowest BCUT2D eigenvalue weighted by atomic mass is 9.68. The number of rotatable bonds is 5. The van der Waals surface area contributed by atoms with Crippen LogP contribution in [-0.4, -0.2) is 34.7 Å². The van der Waals surface area contributed by atoms with Crippen molar-refractivity contribution in [3.63, 3.8) is 0 Å². The van der Waals surface area contributed by atoms with E-state index in [1.165, 1.54) is 13.8 Å². The fourth-order valence-electron chi connectivity index (χ4n) is 0.834. The van der Waals surface area contributed by atoms with Crippen molar-refractivity contribution in [1.82, 2.24) is 0 Å². The maximum atomic E-state index is 11.5. The lowest BCUT2D eigenvalue weighted by molar-refractivity contribution is -0.171. The van der Waals surface area contributed by atoms with Gasteiger partial charge in [-0.15, -0.1) is 0 Å². The number of aliphatic carboxylic acids is 2. The molecule has 0 saturated carbocycles. The fraction of sp³-hybridized carbons (Fsp3) is 0.786. The van der Waals surface area contributed by atoms with Crippen LogP contribution in [0.3, 0.4) is 0 Å². The molecule has 0 aliphatic heterocycles. The van der Waals surface area contributed by atoms with Crippen LogP contribution < -0.4 is 0 Å². The zero-order chi connectivity index (χ0) is 16.7. The summed E-state index contributed by atoms with van der Waals surface area (Å²) in [6, 6.07) is 0. The Balaban J connectivity index is 0. The molecule has 0 amide bonds. The first-order chi connectivity index (χ1) is 8.82. The summed E-state index contributed by atoms with van der Waals surface area (Å²) in [5, 5.41) is 17.0. The Morgan fingerprint density at radius 2 is 1.35 bits per heavy atom. The van der Waals surface area contributed by atoms with Gasteiger partial charge in [-0.05, 0) is 34.6 Å². The highest BCUT2D eigenvalue weighted by Gasteiger charge is 2.49. The average Bonchev–Trinajstić information content (AvgIpc) is 2.29. The second-order valence-corrected chi connectivity index (χ2v) is 5.77. The Morgan fingerprint density at radius 3 is 1.55 bits per heavy atom. The van der Waals surface area contributed by atoms with Crippen LogP contribution in [0.25, 0.3) is 0 Å². The van der Waals surface area contributed by atoms with Gasteiger partial charge in [-0.2, -0.15) is 0 Å². The lowest BCUT2D eigenvalue weighted by Crippen LogP contribution is -2.45. The van der Waals surface area contributed by atoms with Crippen LogP contribution in [0, 0.1) is 16.7 Å². The molecule has 0 aromatic rings. The molecule has 0 radical (unpaired) electrons. The van der Waals surface area contributed by atoms with Gasteiger partial charge in [0.2, 0.25) is 0 Å². The monoisotopic (exact) mass is 290 g/mol. The number of carboxylic acid groups (broad SMARTS) is 2. The van der Waals surface area contributed by atoms with Crippen LogP contribution in [0.1, 0.15) is 48.5 Å². The number of carboxylic acids is 2. The number of hydrogen-bond acceptors (Lipinski definition) is 4. The first-order valence-corrected chi connectivity index (χ1v) is 6.45. The predicted octanol–water partition coefficient (Wildman–Crippen LogP) is 2.41. The highest BCUT2D eigenvalue weighted by atomic mass is 16.5. The summed E-state index contributed by atoms with van der Waals surface area (Å²) in [7, 11) is 0. The van der Waals surface area contributed by atoms with Crippen LogP contribution in [-0.2, 0) is 19.1 Å². The summed E-state index contributed by atoms with van der Waals surface area (Å²) in [5.41, 5.74) is -2.17. The molecule has 0 spiro atoms. The van der Waals surface area contributed by atoms with Crippen molar-refractivity contribution in [2.45, 2.75) is 48.5 Å². The SMILES string of the molecule is CC(C)C(=O)O.CCOC(=O)C(C)(C)C(C)(C)C(=O)O. The molecule has 6 nitrogen and oxygen atoms in total. The maximum absolute atomic E-state index is 11.5. The molecule has 0 aromatic carbocycles. The Hall–Kier alpha value is -1.59. The van der Waals surface area contributed by atoms with Crippen molar-refractivity contribution >= 4 is 17.9 Å². The summed E-state index contributed by atoms with van der Waals surface area (Å²) < 4.78 is 4.84. The quantitative estimate of drug-likeness (QED) is 0.754. The molecule has 0 bridgehead atoms. The van der Waals surface area contributed by atoms with Crippen molar-refractivity contribution in [3.8, 4) is 0 Å². The molecule has 0 rings (SSSR count). The van der Waals surface area contributed by atoms with Gasteiger partial charge in [-0.1, -0.05) is 13.8 Å². The second kappa shape index (κ2) is 7.87. The van der Waals surface area contributed by atoms with E-state index >= 15 is 0 Å². The van der Waals surface area contributed by atoms with Gasteiger partial charge in [0.25, 0.3) is 0 Å². The van der Waals surface area contributed by atoms with E-state index < -0.39 is 28.7 Å². The number of hydrogen-bond donors (Lipinski definition) is 2. The maximum Gasteiger partial charge on any atom is 0.312 e. The van der Waals surface area contributed by atoms with Gasteiger partial charge in [0.05, 0.1) is 23.4 Å². The molecule has 0 atom stereocenters. The van der Waals surface area contributed by atoms with E-state index in [4.69, 9.17) is 14.9 Å². The smallest absolute Gasteiger partial charge is 0.312 e. The van der Waals surface area contributed by atoms with E-state index in [0.717, 1.165) is 0 Å². The Kier molecular flexibility index (Phi) is 8.15. The normalized spacial score (nSPS) is 11.4. The number of esters is 1. The second-order valence-electron chi connectivity index (χ2n) is 5.77. The molecule has 118 valence electrons. The zero-order valence-electron chi connectivity index (χ0n) is 13.3. The highest BCUT2D eigenvalue weighted by molar-refractivity contribution is 5.86. The average molecular weight is 290 g/mol. The summed E-state index contributed by atoms with van der Waals surface area (Å²) in [6.07, 6.45) is 0. The number of ether oxygens (including phenoxy) is 1. The van der Waals surface area contributed by atoms with Gasteiger partial charge in [0.1, 0.15) is 0 Å². The third-order valence-corrected chi connectivity index (χ3v) is 3.38. The molecule has 0 saturated heterocycles. The standard InChI is InChI=1S/C10H18O4.C4H8O2/c1-6-14-8(13)10(4,5)9(2,3)7(11)12;1-3(2)4(5)6/h6H2,1-5H3,(H,11,12);3H,1-2H3,(H,5,6). The van der Waals surface area contributed by atoms with Crippen LogP contribution in [0.5, 0.6) is 0 Å². The van der Waals surface area contributed by atoms with E-state index in [-0.39, 0.29) is 12.5 Å². The molecule has 0 aliphatic rings. The van der Waals surface area contributed by atoms with E-state index in [9.17, 15) is 14.4 Å². The minimum atomic E-state index is -1.14. The van der Waals surface area contributed by atoms with E-state index in [1.54, 1.807) is 34.6 Å². The predicted molar refractivity (Wildman–Crippen MR) is 74.3 cm³/mol. The topological polar surface area (TPSA) is 101 Å². The van der Waals surface area contributed by atoms with Gasteiger partial charge in [0, 0.05) is 0 Å². The van der Waals surface area contributed by atoms with Gasteiger partial charge in [-0.3, -0.25) is 14.4 Å². The van der Waals surface area contributed by atoms with Gasteiger partial charge in [-0.25, -0.2) is 0 Å². The lowest BCUT2D eigenvalue weighted by Gasteiger charge is -2.35. The van der Waals surface area contributed by atoms with Crippen LogP contribution in [0.2, 0.25) is 0 Å². The Labute approximate surface area is 120 Å². The molecule has 2 N–H and O–H groups in total. The molecular weight excluding hydrogens is 264 g/mol. The molecule has 0 aliphatic carbocycles. The third kappa shape index (κ3) is 5.59. The minimum Gasteiger partial charge on any atom is -0.481 e. The number of carbonyl (C=O) groups excluding carboxylic acids is 1.